The number of anilines is 1. The van der Waals surface area contributed by atoms with Gasteiger partial charge < -0.3 is 4.57 Å². The van der Waals surface area contributed by atoms with E-state index in [1.807, 2.05) is 0 Å². The summed E-state index contributed by atoms with van der Waals surface area (Å²) in [6.45, 7) is 2.06. The molecule has 3 aromatic rings. The maximum Gasteiger partial charge on any atom is 0.274 e. The summed E-state index contributed by atoms with van der Waals surface area (Å²) in [7, 11) is 1.74. The number of hydrogen-bond acceptors (Lipinski definition) is 4. The SMILES string of the molecule is CCCc1nnc(NC(=O)c2cc3ccc(F)cc3n2C)s1. The normalized spacial score (nSPS) is 11.0. The molecule has 0 unspecified atom stereocenters. The molecule has 0 aliphatic heterocycles. The van der Waals surface area contributed by atoms with Gasteiger partial charge in [0.15, 0.2) is 0 Å². The molecule has 22 heavy (non-hydrogen) atoms. The first-order chi connectivity index (χ1) is 10.6. The molecule has 0 fully saturated rings. The Morgan fingerprint density at radius 1 is 1.36 bits per heavy atom. The number of carbonyl (C=O) groups excluding carboxylic acids is 1. The molecule has 2 heterocycles. The standard InChI is InChI=1S/C15H15FN4OS/c1-3-4-13-18-19-15(22-13)17-14(21)12-7-9-5-6-10(16)8-11(9)20(12)2/h5-8H,3-4H2,1-2H3,(H,17,19,21). The van der Waals surface area contributed by atoms with Crippen molar-refractivity contribution in [3.8, 4) is 0 Å². The number of aromatic nitrogens is 3. The molecule has 7 heteroatoms. The van der Waals surface area contributed by atoms with Gasteiger partial charge in [0.25, 0.3) is 5.91 Å². The topological polar surface area (TPSA) is 59.8 Å². The van der Waals surface area contributed by atoms with Crippen molar-refractivity contribution >= 4 is 33.3 Å². The van der Waals surface area contributed by atoms with E-state index in [-0.39, 0.29) is 11.7 Å². The first kappa shape index (κ1) is 14.6. The van der Waals surface area contributed by atoms with Crippen LogP contribution in [0, 0.1) is 5.82 Å². The van der Waals surface area contributed by atoms with Crippen LogP contribution in [-0.2, 0) is 13.5 Å². The first-order valence-electron chi connectivity index (χ1n) is 6.97. The quantitative estimate of drug-likeness (QED) is 0.802. The Morgan fingerprint density at radius 2 is 2.18 bits per heavy atom. The summed E-state index contributed by atoms with van der Waals surface area (Å²) in [4.78, 5) is 12.4. The van der Waals surface area contributed by atoms with Crippen molar-refractivity contribution in [1.29, 1.82) is 0 Å². The molecule has 1 amide bonds. The molecule has 2 aromatic heterocycles. The zero-order valence-corrected chi connectivity index (χ0v) is 13.1. The van der Waals surface area contributed by atoms with E-state index in [2.05, 4.69) is 22.4 Å². The van der Waals surface area contributed by atoms with Crippen LogP contribution in [0.5, 0.6) is 0 Å². The highest BCUT2D eigenvalue weighted by Crippen LogP contribution is 2.22. The van der Waals surface area contributed by atoms with Crippen molar-refractivity contribution in [1.82, 2.24) is 14.8 Å². The second kappa shape index (κ2) is 5.84. The molecule has 5 nitrogen and oxygen atoms in total. The van der Waals surface area contributed by atoms with Crippen molar-refractivity contribution in [3.63, 3.8) is 0 Å². The van der Waals surface area contributed by atoms with Crippen LogP contribution >= 0.6 is 11.3 Å². The Bertz CT molecular complexity index is 839. The number of benzene rings is 1. The highest BCUT2D eigenvalue weighted by atomic mass is 32.1. The number of hydrogen-bond donors (Lipinski definition) is 1. The maximum absolute atomic E-state index is 13.3. The maximum atomic E-state index is 13.3. The molecule has 0 radical (unpaired) electrons. The molecule has 0 aliphatic rings. The Hall–Kier alpha value is -2.28. The lowest BCUT2D eigenvalue weighted by atomic mass is 10.2. The predicted octanol–water partition coefficient (Wildman–Crippen LogP) is 3.37. The number of nitrogens with zero attached hydrogens (tertiary/aromatic N) is 3. The fraction of sp³-hybridized carbons (Fsp3) is 0.267. The van der Waals surface area contributed by atoms with Gasteiger partial charge in [-0.2, -0.15) is 0 Å². The van der Waals surface area contributed by atoms with Gasteiger partial charge in [0.2, 0.25) is 5.13 Å². The number of halogens is 1. The number of fused-ring (bicyclic) bond motifs is 1. The monoisotopic (exact) mass is 318 g/mol. The summed E-state index contributed by atoms with van der Waals surface area (Å²) in [6.07, 6.45) is 1.83. The van der Waals surface area contributed by atoms with E-state index in [1.54, 1.807) is 23.7 Å². The van der Waals surface area contributed by atoms with Crippen molar-refractivity contribution in [2.45, 2.75) is 19.8 Å². The van der Waals surface area contributed by atoms with Gasteiger partial charge in [-0.15, -0.1) is 10.2 Å². The highest BCUT2D eigenvalue weighted by Gasteiger charge is 2.15. The Kier molecular flexibility index (Phi) is 3.89. The van der Waals surface area contributed by atoms with Crippen LogP contribution in [0.25, 0.3) is 10.9 Å². The van der Waals surface area contributed by atoms with Crippen LogP contribution < -0.4 is 5.32 Å². The minimum Gasteiger partial charge on any atom is -0.340 e. The zero-order chi connectivity index (χ0) is 15.7. The molecular weight excluding hydrogens is 303 g/mol. The van der Waals surface area contributed by atoms with Gasteiger partial charge in [0.05, 0.1) is 5.52 Å². The summed E-state index contributed by atoms with van der Waals surface area (Å²) in [5.74, 6) is -0.604. The fourth-order valence-corrected chi connectivity index (χ4v) is 3.14. The molecule has 114 valence electrons. The third kappa shape index (κ3) is 2.71. The molecule has 1 aromatic carbocycles. The molecule has 0 aliphatic carbocycles. The molecule has 3 rings (SSSR count). The van der Waals surface area contributed by atoms with Gasteiger partial charge >= 0.3 is 0 Å². The Morgan fingerprint density at radius 3 is 2.95 bits per heavy atom. The zero-order valence-electron chi connectivity index (χ0n) is 12.3. The number of rotatable bonds is 4. The smallest absolute Gasteiger partial charge is 0.274 e. The number of aryl methyl sites for hydroxylation is 2. The average Bonchev–Trinajstić information content (AvgIpc) is 3.05. The van der Waals surface area contributed by atoms with E-state index >= 15 is 0 Å². The third-order valence-corrected chi connectivity index (χ3v) is 4.29. The summed E-state index contributed by atoms with van der Waals surface area (Å²) in [5.41, 5.74) is 1.13. The van der Waals surface area contributed by atoms with Gasteiger partial charge in [0.1, 0.15) is 16.5 Å². The van der Waals surface area contributed by atoms with Gasteiger partial charge in [-0.1, -0.05) is 18.3 Å². The van der Waals surface area contributed by atoms with Gasteiger partial charge in [-0.25, -0.2) is 4.39 Å². The molecule has 0 atom stereocenters. The molecule has 1 N–H and O–H groups in total. The second-order valence-corrected chi connectivity index (χ2v) is 6.06. The lowest BCUT2D eigenvalue weighted by molar-refractivity contribution is 0.101. The van der Waals surface area contributed by atoms with Crippen LogP contribution in [0.2, 0.25) is 0 Å². The largest absolute Gasteiger partial charge is 0.340 e. The highest BCUT2D eigenvalue weighted by molar-refractivity contribution is 7.15. The summed E-state index contributed by atoms with van der Waals surface area (Å²) >= 11 is 1.37. The fourth-order valence-electron chi connectivity index (χ4n) is 2.30. The van der Waals surface area contributed by atoms with E-state index in [0.717, 1.165) is 23.2 Å². The van der Waals surface area contributed by atoms with Crippen molar-refractivity contribution in [2.75, 3.05) is 5.32 Å². The van der Waals surface area contributed by atoms with E-state index in [0.29, 0.717) is 16.3 Å². The van der Waals surface area contributed by atoms with E-state index in [9.17, 15) is 9.18 Å². The average molecular weight is 318 g/mol. The third-order valence-electron chi connectivity index (χ3n) is 3.39. The van der Waals surface area contributed by atoms with Crippen LogP contribution in [-0.4, -0.2) is 20.7 Å². The first-order valence-corrected chi connectivity index (χ1v) is 7.79. The summed E-state index contributed by atoms with van der Waals surface area (Å²) in [5, 5.41) is 12.9. The number of carbonyl (C=O) groups is 1. The van der Waals surface area contributed by atoms with Gasteiger partial charge in [-0.05, 0) is 30.7 Å². The van der Waals surface area contributed by atoms with Crippen LogP contribution in [0.15, 0.2) is 24.3 Å². The minimum atomic E-state index is -0.325. The molecular formula is C15H15FN4OS. The van der Waals surface area contributed by atoms with Crippen molar-refractivity contribution in [2.24, 2.45) is 7.05 Å². The Labute approximate surface area is 130 Å². The summed E-state index contributed by atoms with van der Waals surface area (Å²) in [6, 6.07) is 6.19. The lowest BCUT2D eigenvalue weighted by Gasteiger charge is -2.03. The van der Waals surface area contributed by atoms with Gasteiger partial charge in [-0.3, -0.25) is 10.1 Å². The van der Waals surface area contributed by atoms with Crippen molar-refractivity contribution < 1.29 is 9.18 Å². The second-order valence-electron chi connectivity index (χ2n) is 5.00. The number of nitrogens with one attached hydrogen (secondary N) is 1. The van der Waals surface area contributed by atoms with E-state index in [4.69, 9.17) is 0 Å². The molecule has 0 bridgehead atoms. The van der Waals surface area contributed by atoms with Crippen LogP contribution in [0.3, 0.4) is 0 Å². The summed E-state index contributed by atoms with van der Waals surface area (Å²) < 4.78 is 15.0. The number of amides is 1. The van der Waals surface area contributed by atoms with E-state index in [1.165, 1.54) is 23.5 Å². The molecule has 0 saturated heterocycles. The van der Waals surface area contributed by atoms with Crippen LogP contribution in [0.1, 0.15) is 28.8 Å². The Balaban J connectivity index is 1.86. The minimum absolute atomic E-state index is 0.279. The predicted molar refractivity (Wildman–Crippen MR) is 84.7 cm³/mol. The van der Waals surface area contributed by atoms with Gasteiger partial charge in [0, 0.05) is 18.9 Å². The van der Waals surface area contributed by atoms with Crippen LogP contribution in [0.4, 0.5) is 9.52 Å². The lowest BCUT2D eigenvalue weighted by Crippen LogP contribution is -2.15. The van der Waals surface area contributed by atoms with Crippen molar-refractivity contribution in [3.05, 3.63) is 40.8 Å². The molecule has 0 saturated carbocycles. The molecule has 0 spiro atoms. The van der Waals surface area contributed by atoms with E-state index < -0.39 is 0 Å².